The van der Waals surface area contributed by atoms with Crippen molar-refractivity contribution in [3.8, 4) is 23.3 Å². The minimum Gasteiger partial charge on any atom is -0.454 e. The maximum Gasteiger partial charge on any atom is 0.294 e. The number of ether oxygens (including phenoxy) is 2. The average Bonchev–Trinajstić information content (AvgIpc) is 3.53. The topological polar surface area (TPSA) is 123 Å². The molecule has 3 heterocycles. The Morgan fingerprint density at radius 1 is 1.10 bits per heavy atom. The van der Waals surface area contributed by atoms with Crippen LogP contribution in [0.4, 0.5) is 11.4 Å². The van der Waals surface area contributed by atoms with Gasteiger partial charge >= 0.3 is 0 Å². The molecule has 1 amide bonds. The van der Waals surface area contributed by atoms with Crippen molar-refractivity contribution in [3.05, 3.63) is 80.7 Å². The summed E-state index contributed by atoms with van der Waals surface area (Å²) < 4.78 is 12.6. The predicted molar refractivity (Wildman–Crippen MR) is 146 cm³/mol. The van der Waals surface area contributed by atoms with Gasteiger partial charge in [0.25, 0.3) is 11.6 Å². The lowest BCUT2D eigenvalue weighted by molar-refractivity contribution is -0.384. The van der Waals surface area contributed by atoms with Gasteiger partial charge in [0.1, 0.15) is 17.3 Å². The number of amides is 1. The van der Waals surface area contributed by atoms with Gasteiger partial charge in [-0.25, -0.2) is 0 Å². The molecule has 200 valence electrons. The molecule has 2 aliphatic heterocycles. The summed E-state index contributed by atoms with van der Waals surface area (Å²) in [6.07, 6.45) is 4.73. The van der Waals surface area contributed by atoms with Crippen molar-refractivity contribution in [3.63, 3.8) is 0 Å². The van der Waals surface area contributed by atoms with Gasteiger partial charge in [0.15, 0.2) is 11.5 Å². The molecular formula is C29H29N5O5. The number of nitrogens with zero attached hydrogens (tertiary/aromatic N) is 4. The van der Waals surface area contributed by atoms with Crippen molar-refractivity contribution in [2.45, 2.75) is 39.7 Å². The molecule has 5 rings (SSSR count). The number of nitrogens with one attached hydrogen (secondary N) is 1. The number of hydrogen-bond acceptors (Lipinski definition) is 7. The zero-order valence-corrected chi connectivity index (χ0v) is 21.9. The molecule has 0 radical (unpaired) electrons. The van der Waals surface area contributed by atoms with E-state index in [-0.39, 0.29) is 29.5 Å². The molecule has 39 heavy (non-hydrogen) atoms. The summed E-state index contributed by atoms with van der Waals surface area (Å²) >= 11 is 0. The maximum atomic E-state index is 12.8. The smallest absolute Gasteiger partial charge is 0.294 e. The number of nitriles is 1. The molecule has 1 saturated heterocycles. The monoisotopic (exact) mass is 527 g/mol. The van der Waals surface area contributed by atoms with E-state index < -0.39 is 5.91 Å². The van der Waals surface area contributed by atoms with E-state index in [4.69, 9.17) is 9.47 Å². The van der Waals surface area contributed by atoms with Gasteiger partial charge in [0, 0.05) is 37.1 Å². The van der Waals surface area contributed by atoms with Crippen molar-refractivity contribution in [1.29, 1.82) is 5.26 Å². The molecule has 10 heteroatoms. The van der Waals surface area contributed by atoms with Gasteiger partial charge in [-0.1, -0.05) is 6.07 Å². The fourth-order valence-corrected chi connectivity index (χ4v) is 5.16. The second kappa shape index (κ2) is 10.9. The van der Waals surface area contributed by atoms with E-state index in [0.717, 1.165) is 49.3 Å². The molecule has 1 N–H and O–H groups in total. The van der Waals surface area contributed by atoms with Crippen LogP contribution in [0.5, 0.6) is 11.5 Å². The predicted octanol–water partition coefficient (Wildman–Crippen LogP) is 4.94. The fraction of sp³-hybridized carbons (Fsp3) is 0.310. The van der Waals surface area contributed by atoms with E-state index in [1.54, 1.807) is 24.3 Å². The van der Waals surface area contributed by atoms with Crippen LogP contribution in [0.15, 0.2) is 48.0 Å². The molecule has 2 aromatic carbocycles. The zero-order chi connectivity index (χ0) is 27.5. The van der Waals surface area contributed by atoms with Gasteiger partial charge < -0.3 is 24.3 Å². The molecule has 2 aliphatic rings. The van der Waals surface area contributed by atoms with Crippen molar-refractivity contribution in [1.82, 2.24) is 9.88 Å². The quantitative estimate of drug-likeness (QED) is 0.200. The molecule has 0 bridgehead atoms. The summed E-state index contributed by atoms with van der Waals surface area (Å²) in [5, 5.41) is 24.5. The first-order valence-electron chi connectivity index (χ1n) is 12.9. The summed E-state index contributed by atoms with van der Waals surface area (Å²) in [7, 11) is 0. The summed E-state index contributed by atoms with van der Waals surface area (Å²) in [6.45, 7) is 5.76. The lowest BCUT2D eigenvalue weighted by Crippen LogP contribution is -2.30. The first-order valence-corrected chi connectivity index (χ1v) is 12.9. The second-order valence-electron chi connectivity index (χ2n) is 9.68. The highest BCUT2D eigenvalue weighted by molar-refractivity contribution is 6.01. The van der Waals surface area contributed by atoms with E-state index in [2.05, 4.69) is 10.2 Å². The molecule has 0 aliphatic carbocycles. The summed E-state index contributed by atoms with van der Waals surface area (Å²) in [5.41, 5.74) is 4.42. The number of nitro groups is 1. The van der Waals surface area contributed by atoms with Crippen molar-refractivity contribution in [2.75, 3.05) is 24.8 Å². The molecule has 0 spiro atoms. The Morgan fingerprint density at radius 2 is 1.87 bits per heavy atom. The lowest BCUT2D eigenvalue weighted by Gasteiger charge is -2.28. The third kappa shape index (κ3) is 5.29. The molecule has 1 aromatic heterocycles. The summed E-state index contributed by atoms with van der Waals surface area (Å²) in [4.78, 5) is 26.5. The number of aromatic nitrogens is 1. The highest BCUT2D eigenvalue weighted by Gasteiger charge is 2.23. The van der Waals surface area contributed by atoms with Gasteiger partial charge in [-0.05, 0) is 80.6 Å². The Kier molecular flexibility index (Phi) is 7.23. The first-order chi connectivity index (χ1) is 18.9. The SMILES string of the molecule is Cc1cc(/C=C(\C#N)C(=O)NCc2ccc3c(c2)OCO3)c(C)n1-c1ccc(N2CCCCC2)c([N+](=O)[O-])c1. The highest BCUT2D eigenvalue weighted by Crippen LogP contribution is 2.34. The number of hydrogen-bond donors (Lipinski definition) is 1. The van der Waals surface area contributed by atoms with E-state index >= 15 is 0 Å². The summed E-state index contributed by atoms with van der Waals surface area (Å²) in [5.74, 6) is 0.778. The number of aryl methyl sites for hydroxylation is 1. The largest absolute Gasteiger partial charge is 0.454 e. The van der Waals surface area contributed by atoms with Gasteiger partial charge in [-0.2, -0.15) is 5.26 Å². The van der Waals surface area contributed by atoms with E-state index in [1.165, 1.54) is 0 Å². The third-order valence-corrected chi connectivity index (χ3v) is 7.14. The number of benzene rings is 2. The number of piperidine rings is 1. The minimum atomic E-state index is -0.499. The lowest BCUT2D eigenvalue weighted by atomic mass is 10.1. The first kappa shape index (κ1) is 25.9. The summed E-state index contributed by atoms with van der Waals surface area (Å²) in [6, 6.07) is 14.6. The normalized spacial score (nSPS) is 14.7. The fourth-order valence-electron chi connectivity index (χ4n) is 5.16. The van der Waals surface area contributed by atoms with Crippen LogP contribution in [0.25, 0.3) is 11.8 Å². The van der Waals surface area contributed by atoms with Gasteiger partial charge in [0.2, 0.25) is 6.79 Å². The maximum absolute atomic E-state index is 12.8. The van der Waals surface area contributed by atoms with Gasteiger partial charge in [-0.3, -0.25) is 14.9 Å². The molecule has 3 aromatic rings. The second-order valence-corrected chi connectivity index (χ2v) is 9.68. The number of fused-ring (bicyclic) bond motifs is 1. The Bertz CT molecular complexity index is 1510. The van der Waals surface area contributed by atoms with Crippen molar-refractivity contribution in [2.24, 2.45) is 0 Å². The molecule has 0 saturated carbocycles. The van der Waals surface area contributed by atoms with Crippen LogP contribution in [0.2, 0.25) is 0 Å². The van der Waals surface area contributed by atoms with Crippen LogP contribution < -0.4 is 19.7 Å². The number of carbonyl (C=O) groups is 1. The van der Waals surface area contributed by atoms with E-state index in [0.29, 0.717) is 28.4 Å². The van der Waals surface area contributed by atoms with Crippen LogP contribution in [-0.2, 0) is 11.3 Å². The number of rotatable bonds is 7. The van der Waals surface area contributed by atoms with Crippen molar-refractivity contribution < 1.29 is 19.2 Å². The Balaban J connectivity index is 1.38. The Morgan fingerprint density at radius 3 is 2.62 bits per heavy atom. The molecule has 1 fully saturated rings. The highest BCUT2D eigenvalue weighted by atomic mass is 16.7. The Hall–Kier alpha value is -4.78. The van der Waals surface area contributed by atoms with E-state index in [1.807, 2.05) is 48.7 Å². The molecule has 10 nitrogen and oxygen atoms in total. The van der Waals surface area contributed by atoms with Crippen LogP contribution in [0.3, 0.4) is 0 Å². The zero-order valence-electron chi connectivity index (χ0n) is 21.9. The number of carbonyl (C=O) groups excluding carboxylic acids is 1. The number of nitro benzene ring substituents is 1. The van der Waals surface area contributed by atoms with Gasteiger partial charge in [0.05, 0.1) is 10.6 Å². The molecule has 0 unspecified atom stereocenters. The van der Waals surface area contributed by atoms with Gasteiger partial charge in [-0.15, -0.1) is 0 Å². The standard InChI is InChI=1S/C29H29N5O5/c1-19-12-22(14-23(16-30)29(35)31-17-21-6-9-27-28(13-21)39-18-38-27)20(2)33(19)24-7-8-25(26(15-24)34(36)37)32-10-4-3-5-11-32/h6-9,12-15H,3-5,10-11,17-18H2,1-2H3,(H,31,35)/b23-14+. The van der Waals surface area contributed by atoms with Crippen molar-refractivity contribution >= 4 is 23.4 Å². The third-order valence-electron chi connectivity index (χ3n) is 7.14. The molecule has 0 atom stereocenters. The van der Waals surface area contributed by atoms with Crippen LogP contribution in [0.1, 0.15) is 41.8 Å². The van der Waals surface area contributed by atoms with E-state index in [9.17, 15) is 20.2 Å². The number of anilines is 1. The Labute approximate surface area is 226 Å². The van der Waals surface area contributed by atoms with Crippen LogP contribution in [-0.4, -0.2) is 35.3 Å². The van der Waals surface area contributed by atoms with Crippen LogP contribution >= 0.6 is 0 Å². The minimum absolute atomic E-state index is 0.0394. The molecular weight excluding hydrogens is 498 g/mol. The van der Waals surface area contributed by atoms with Crippen LogP contribution in [0, 0.1) is 35.3 Å². The average molecular weight is 528 g/mol.